The van der Waals surface area contributed by atoms with Crippen LogP contribution in [-0.2, 0) is 19.9 Å². The first-order valence-corrected chi connectivity index (χ1v) is 14.4. The summed E-state index contributed by atoms with van der Waals surface area (Å²) in [5.41, 5.74) is 0. The zero-order valence-corrected chi connectivity index (χ0v) is 19.7. The molecule has 0 radical (unpaired) electrons. The molecule has 0 bridgehead atoms. The number of nitrogens with zero attached hydrogens (tertiary/aromatic N) is 1. The second kappa shape index (κ2) is 9.25. The van der Waals surface area contributed by atoms with Crippen molar-refractivity contribution in [2.24, 2.45) is 0 Å². The highest BCUT2D eigenvalue weighted by Crippen LogP contribution is 2.28. The van der Waals surface area contributed by atoms with Crippen molar-refractivity contribution in [1.82, 2.24) is 9.88 Å². The number of hydrogen-bond acceptors (Lipinski definition) is 10. The summed E-state index contributed by atoms with van der Waals surface area (Å²) in [5, 5.41) is 4.88. The first kappa shape index (κ1) is 22.8. The van der Waals surface area contributed by atoms with E-state index in [0.717, 1.165) is 30.4 Å². The van der Waals surface area contributed by atoms with Gasteiger partial charge in [0.25, 0.3) is 15.9 Å². The molecule has 0 spiro atoms. The third-order valence-corrected chi connectivity index (χ3v) is 10.3. The van der Waals surface area contributed by atoms with Gasteiger partial charge in [0.2, 0.25) is 15.6 Å². The summed E-state index contributed by atoms with van der Waals surface area (Å²) >= 11 is 2.52. The molecule has 0 aliphatic carbocycles. The number of sulfone groups is 1. The molecular weight excluding hydrogens is 496 g/mol. The van der Waals surface area contributed by atoms with Crippen LogP contribution in [0.3, 0.4) is 0 Å². The molecule has 170 valence electrons. The first-order valence-electron chi connectivity index (χ1n) is 9.43. The number of rotatable bonds is 7. The molecule has 4 rings (SSSR count). The normalized spacial score (nSPS) is 15.4. The van der Waals surface area contributed by atoms with Crippen molar-refractivity contribution < 1.29 is 30.9 Å². The van der Waals surface area contributed by atoms with Gasteiger partial charge in [0.1, 0.15) is 10.3 Å². The van der Waals surface area contributed by atoms with Crippen LogP contribution in [0.25, 0.3) is 0 Å². The number of carbonyl (C=O) groups is 1. The number of aromatic nitrogens is 1. The molecule has 13 heteroatoms. The molecule has 0 atom stereocenters. The largest absolute Gasteiger partial charge is 0.472 e. The summed E-state index contributed by atoms with van der Waals surface area (Å²) in [6.07, 6.45) is 1.66. The smallest absolute Gasteiger partial charge is 0.303 e. The Morgan fingerprint density at radius 1 is 1.06 bits per heavy atom. The van der Waals surface area contributed by atoms with Gasteiger partial charge < -0.3 is 9.26 Å². The number of thioether (sulfide) groups is 1. The lowest BCUT2D eigenvalue weighted by molar-refractivity contribution is 0.0944. The van der Waals surface area contributed by atoms with E-state index < -0.39 is 25.8 Å². The lowest BCUT2D eigenvalue weighted by Crippen LogP contribution is -2.29. The number of thiophene rings is 1. The summed E-state index contributed by atoms with van der Waals surface area (Å²) in [5.74, 6) is 0.681. The zero-order valence-electron chi connectivity index (χ0n) is 16.5. The molecule has 1 aromatic carbocycles. The third-order valence-electron chi connectivity index (χ3n) is 4.58. The molecule has 3 heterocycles. The second-order valence-electron chi connectivity index (χ2n) is 6.81. The monoisotopic (exact) mass is 514 g/mol. The minimum absolute atomic E-state index is 0.0305. The number of amides is 1. The Labute approximate surface area is 193 Å². The Bertz CT molecular complexity index is 1310. The van der Waals surface area contributed by atoms with Crippen LogP contribution < -0.4 is 9.46 Å². The van der Waals surface area contributed by atoms with Crippen molar-refractivity contribution in [3.8, 4) is 5.88 Å². The van der Waals surface area contributed by atoms with Crippen LogP contribution in [0.15, 0.2) is 66.4 Å². The summed E-state index contributed by atoms with van der Waals surface area (Å²) in [6, 6.07) is 9.88. The maximum absolute atomic E-state index is 12.7. The average molecular weight is 515 g/mol. The van der Waals surface area contributed by atoms with Crippen LogP contribution in [0, 0.1) is 0 Å². The molecule has 1 fully saturated rings. The van der Waals surface area contributed by atoms with Crippen molar-refractivity contribution in [3.63, 3.8) is 0 Å². The van der Waals surface area contributed by atoms with Crippen molar-refractivity contribution in [2.75, 3.05) is 11.5 Å². The van der Waals surface area contributed by atoms with Crippen LogP contribution in [0.2, 0.25) is 0 Å². The van der Waals surface area contributed by atoms with Crippen LogP contribution >= 0.6 is 23.1 Å². The van der Waals surface area contributed by atoms with Gasteiger partial charge in [-0.3, -0.25) is 4.79 Å². The Morgan fingerprint density at radius 2 is 1.78 bits per heavy atom. The number of carbonyl (C=O) groups excluding carboxylic acids is 1. The minimum Gasteiger partial charge on any atom is -0.472 e. The number of nitrogens with one attached hydrogen (secondary N) is 1. The van der Waals surface area contributed by atoms with Gasteiger partial charge in [-0.1, -0.05) is 18.2 Å². The molecule has 0 unspecified atom stereocenters. The average Bonchev–Trinajstić information content (AvgIpc) is 3.46. The lowest BCUT2D eigenvalue weighted by atomic mass is 10.2. The van der Waals surface area contributed by atoms with Crippen molar-refractivity contribution in [1.29, 1.82) is 0 Å². The number of benzene rings is 1. The SMILES string of the molecule is O=C(NS(=O)(=O)c1cc(S(=O)(=O)c2ccccc2)cs1)c1cc(OC2CCSCC2)no1. The summed E-state index contributed by atoms with van der Waals surface area (Å²) in [4.78, 5) is 12.2. The molecule has 1 N–H and O–H groups in total. The van der Waals surface area contributed by atoms with E-state index in [1.54, 1.807) is 18.2 Å². The van der Waals surface area contributed by atoms with E-state index in [-0.39, 0.29) is 31.7 Å². The fourth-order valence-corrected chi connectivity index (χ4v) is 7.85. The maximum atomic E-state index is 12.7. The molecule has 1 aliphatic rings. The number of hydrogen-bond donors (Lipinski definition) is 1. The molecular formula is C19H18N2O7S4. The van der Waals surface area contributed by atoms with Crippen molar-refractivity contribution in [2.45, 2.75) is 32.9 Å². The van der Waals surface area contributed by atoms with Gasteiger partial charge >= 0.3 is 5.91 Å². The molecule has 0 saturated carbocycles. The Kier molecular flexibility index (Phi) is 6.60. The van der Waals surface area contributed by atoms with Crippen molar-refractivity contribution >= 4 is 48.9 Å². The Hall–Kier alpha value is -2.35. The van der Waals surface area contributed by atoms with E-state index in [4.69, 9.17) is 9.26 Å². The highest BCUT2D eigenvalue weighted by molar-refractivity contribution is 7.99. The van der Waals surface area contributed by atoms with E-state index in [9.17, 15) is 21.6 Å². The van der Waals surface area contributed by atoms with E-state index in [1.807, 2.05) is 16.5 Å². The number of ether oxygens (including phenoxy) is 1. The van der Waals surface area contributed by atoms with Gasteiger partial charge in [-0.05, 0) is 47.7 Å². The molecule has 1 saturated heterocycles. The third kappa shape index (κ3) is 5.00. The van der Waals surface area contributed by atoms with Gasteiger partial charge in [0.05, 0.1) is 15.9 Å². The first-order chi connectivity index (χ1) is 15.3. The quantitative estimate of drug-likeness (QED) is 0.505. The summed E-state index contributed by atoms with van der Waals surface area (Å²) in [7, 11) is -8.21. The van der Waals surface area contributed by atoms with Crippen LogP contribution in [0.4, 0.5) is 0 Å². The molecule has 1 amide bonds. The van der Waals surface area contributed by atoms with Gasteiger partial charge in [0, 0.05) is 5.38 Å². The van der Waals surface area contributed by atoms with E-state index in [0.29, 0.717) is 11.3 Å². The molecule has 9 nitrogen and oxygen atoms in total. The van der Waals surface area contributed by atoms with Crippen LogP contribution in [0.5, 0.6) is 5.88 Å². The number of sulfonamides is 1. The Morgan fingerprint density at radius 3 is 2.50 bits per heavy atom. The van der Waals surface area contributed by atoms with Gasteiger partial charge in [-0.15, -0.1) is 11.3 Å². The predicted octanol–water partition coefficient (Wildman–Crippen LogP) is 2.96. The van der Waals surface area contributed by atoms with Gasteiger partial charge in [-0.25, -0.2) is 21.6 Å². The topological polar surface area (TPSA) is 133 Å². The summed E-state index contributed by atoms with van der Waals surface area (Å²) in [6.45, 7) is 0. The predicted molar refractivity (Wildman–Crippen MR) is 118 cm³/mol. The minimum atomic E-state index is -4.32. The van der Waals surface area contributed by atoms with E-state index >= 15 is 0 Å². The van der Waals surface area contributed by atoms with Gasteiger partial charge in [-0.2, -0.15) is 11.8 Å². The lowest BCUT2D eigenvalue weighted by Gasteiger charge is -2.20. The highest BCUT2D eigenvalue weighted by Gasteiger charge is 2.27. The summed E-state index contributed by atoms with van der Waals surface area (Å²) < 4.78 is 62.7. The van der Waals surface area contributed by atoms with Crippen molar-refractivity contribution in [3.05, 3.63) is 53.6 Å². The fourth-order valence-electron chi connectivity index (χ4n) is 2.93. The zero-order chi connectivity index (χ0) is 22.8. The van der Waals surface area contributed by atoms with Gasteiger partial charge in [0.15, 0.2) is 0 Å². The molecule has 1 aliphatic heterocycles. The highest BCUT2D eigenvalue weighted by atomic mass is 32.2. The molecule has 32 heavy (non-hydrogen) atoms. The van der Waals surface area contributed by atoms with Crippen LogP contribution in [0.1, 0.15) is 23.4 Å². The molecule has 2 aromatic heterocycles. The maximum Gasteiger partial charge on any atom is 0.303 e. The van der Waals surface area contributed by atoms with E-state index in [2.05, 4.69) is 5.16 Å². The molecule has 3 aromatic rings. The van der Waals surface area contributed by atoms with Crippen LogP contribution in [-0.4, -0.2) is 45.5 Å². The standard InChI is InChI=1S/C19H18N2O7S4/c22-19(16-11-17(20-28-16)27-13-6-8-29-9-7-13)21-32(25,26)18-10-15(12-30-18)31(23,24)14-4-2-1-3-5-14/h1-5,10-13H,6-9H2,(H,21,22). The fraction of sp³-hybridized carbons (Fsp3) is 0.263. The second-order valence-corrected chi connectivity index (χ2v) is 12.8. The van der Waals surface area contributed by atoms with E-state index in [1.165, 1.54) is 23.6 Å². The Balaban J connectivity index is 1.46.